The molecule has 1 atom stereocenters. The summed E-state index contributed by atoms with van der Waals surface area (Å²) in [4.78, 5) is 33.0. The molecule has 1 aromatic carbocycles. The summed E-state index contributed by atoms with van der Waals surface area (Å²) in [5, 5.41) is 25.1. The zero-order valence-electron chi connectivity index (χ0n) is 21.0. The van der Waals surface area contributed by atoms with Gasteiger partial charge in [-0.25, -0.2) is 4.79 Å². The van der Waals surface area contributed by atoms with Crippen LogP contribution in [0.4, 0.5) is 0 Å². The molecule has 0 radical (unpaired) electrons. The predicted molar refractivity (Wildman–Crippen MR) is 141 cm³/mol. The third-order valence-electron chi connectivity index (χ3n) is 7.12. The number of phenols is 1. The maximum absolute atomic E-state index is 13.3. The second-order valence-electron chi connectivity index (χ2n) is 9.81. The van der Waals surface area contributed by atoms with Crippen molar-refractivity contribution in [2.45, 2.75) is 69.8 Å². The summed E-state index contributed by atoms with van der Waals surface area (Å²) in [6, 6.07) is 1.58. The van der Waals surface area contributed by atoms with E-state index in [4.69, 9.17) is 21.2 Å². The van der Waals surface area contributed by atoms with Gasteiger partial charge in [-0.3, -0.25) is 4.79 Å². The molecule has 4 rings (SSSR count). The first-order valence-corrected chi connectivity index (χ1v) is 13.5. The van der Waals surface area contributed by atoms with Crippen molar-refractivity contribution >= 4 is 29.2 Å². The lowest BCUT2D eigenvalue weighted by molar-refractivity contribution is -0.137. The lowest BCUT2D eigenvalue weighted by Gasteiger charge is -2.29. The number of fused-ring (bicyclic) bond motifs is 1. The normalized spacial score (nSPS) is 24.4. The summed E-state index contributed by atoms with van der Waals surface area (Å²) in [6.45, 7) is 1.40. The number of rotatable bonds is 4. The summed E-state index contributed by atoms with van der Waals surface area (Å²) in [5.74, 6) is -0.581. The van der Waals surface area contributed by atoms with Crippen molar-refractivity contribution in [1.29, 1.82) is 0 Å². The van der Waals surface area contributed by atoms with Gasteiger partial charge >= 0.3 is 5.97 Å². The molecule has 8 nitrogen and oxygen atoms in total. The average molecular weight is 531 g/mol. The molecule has 1 saturated carbocycles. The number of aromatic hydroxyl groups is 1. The minimum absolute atomic E-state index is 0.0625. The van der Waals surface area contributed by atoms with Crippen LogP contribution in [-0.2, 0) is 20.8 Å². The highest BCUT2D eigenvalue weighted by Gasteiger charge is 2.31. The number of carbonyl (C=O) groups is 2. The van der Waals surface area contributed by atoms with Gasteiger partial charge in [0, 0.05) is 19.5 Å². The van der Waals surface area contributed by atoms with Gasteiger partial charge in [-0.2, -0.15) is 0 Å². The summed E-state index contributed by atoms with van der Waals surface area (Å²) >= 11 is 6.55. The molecule has 1 aliphatic carbocycles. The van der Waals surface area contributed by atoms with Crippen LogP contribution in [0.1, 0.15) is 78.8 Å². The van der Waals surface area contributed by atoms with Crippen molar-refractivity contribution in [3.05, 3.63) is 52.1 Å². The quantitative estimate of drug-likeness (QED) is 0.333. The number of cyclic esters (lactones) is 1. The van der Waals surface area contributed by atoms with E-state index < -0.39 is 12.1 Å². The van der Waals surface area contributed by atoms with Crippen LogP contribution < -0.4 is 0 Å². The Morgan fingerprint density at radius 3 is 2.70 bits per heavy atom. The third kappa shape index (κ3) is 7.14. The number of halogens is 1. The molecule has 0 aromatic heterocycles. The van der Waals surface area contributed by atoms with Crippen LogP contribution in [0.5, 0.6) is 5.75 Å². The number of likely N-dealkylation sites (tertiary alicyclic amines) is 1. The van der Waals surface area contributed by atoms with Gasteiger partial charge in [0.05, 0.1) is 29.0 Å². The molecule has 2 aliphatic heterocycles. The lowest BCUT2D eigenvalue weighted by Crippen LogP contribution is -2.37. The number of oxime groups is 1. The van der Waals surface area contributed by atoms with Crippen LogP contribution in [0.2, 0.25) is 5.02 Å². The van der Waals surface area contributed by atoms with Crippen molar-refractivity contribution in [1.82, 2.24) is 4.90 Å². The van der Waals surface area contributed by atoms with Crippen molar-refractivity contribution in [3.8, 4) is 5.75 Å². The minimum atomic E-state index is -0.706. The monoisotopic (exact) mass is 530 g/mol. The second-order valence-corrected chi connectivity index (χ2v) is 10.2. The number of amides is 1. The van der Waals surface area contributed by atoms with E-state index in [2.05, 4.69) is 5.16 Å². The van der Waals surface area contributed by atoms with Crippen LogP contribution in [-0.4, -0.2) is 65.1 Å². The van der Waals surface area contributed by atoms with Crippen molar-refractivity contribution in [2.24, 2.45) is 5.16 Å². The molecule has 0 bridgehead atoms. The van der Waals surface area contributed by atoms with E-state index in [1.54, 1.807) is 35.3 Å². The number of esters is 1. The molecular formula is C28H35ClN2O6. The van der Waals surface area contributed by atoms with Gasteiger partial charge in [-0.1, -0.05) is 41.4 Å². The molecule has 200 valence electrons. The summed E-state index contributed by atoms with van der Waals surface area (Å²) < 4.78 is 5.57. The zero-order valence-corrected chi connectivity index (χ0v) is 21.8. The van der Waals surface area contributed by atoms with Crippen LogP contribution >= 0.6 is 11.6 Å². The molecule has 1 unspecified atom stereocenters. The van der Waals surface area contributed by atoms with Crippen LogP contribution in [0, 0.1) is 0 Å². The van der Waals surface area contributed by atoms with Crippen LogP contribution in [0.15, 0.2) is 35.5 Å². The highest BCUT2D eigenvalue weighted by atomic mass is 35.5. The Morgan fingerprint density at radius 1 is 1.19 bits per heavy atom. The van der Waals surface area contributed by atoms with Gasteiger partial charge in [0.2, 0.25) is 0 Å². The largest absolute Gasteiger partial charge is 0.506 e. The predicted octanol–water partition coefficient (Wildman–Crippen LogP) is 4.66. The molecule has 1 aromatic rings. The Kier molecular flexibility index (Phi) is 9.63. The molecule has 9 heteroatoms. The maximum atomic E-state index is 13.3. The number of allylic oxidation sites excluding steroid dienone is 1. The number of aliphatic hydroxyl groups is 1. The first kappa shape index (κ1) is 27.2. The number of piperidine rings is 1. The van der Waals surface area contributed by atoms with Gasteiger partial charge in [0.15, 0.2) is 6.61 Å². The fraction of sp³-hybridized carbons (Fsp3) is 0.536. The van der Waals surface area contributed by atoms with Crippen molar-refractivity contribution in [2.75, 3.05) is 26.3 Å². The van der Waals surface area contributed by atoms with E-state index in [-0.39, 0.29) is 42.2 Å². The molecule has 0 spiro atoms. The number of benzene rings is 1. The van der Waals surface area contributed by atoms with Gasteiger partial charge < -0.3 is 24.7 Å². The molecule has 1 saturated heterocycles. The first-order chi connectivity index (χ1) is 17.9. The van der Waals surface area contributed by atoms with Gasteiger partial charge in [0.1, 0.15) is 5.75 Å². The molecule has 2 heterocycles. The summed E-state index contributed by atoms with van der Waals surface area (Å²) in [5.41, 5.74) is 1.91. The minimum Gasteiger partial charge on any atom is -0.506 e. The van der Waals surface area contributed by atoms with Crippen molar-refractivity contribution < 1.29 is 29.4 Å². The number of carbonyl (C=O) groups excluding carboxylic acids is 2. The van der Waals surface area contributed by atoms with Gasteiger partial charge in [0.25, 0.3) is 5.91 Å². The first-order valence-electron chi connectivity index (χ1n) is 13.1. The smallest absolute Gasteiger partial charge is 0.338 e. The number of ether oxygens (including phenoxy) is 1. The molecule has 2 fully saturated rings. The second kappa shape index (κ2) is 13.1. The topological polar surface area (TPSA) is 109 Å². The summed E-state index contributed by atoms with van der Waals surface area (Å²) in [6.07, 6.45) is 13.1. The molecular weight excluding hydrogens is 496 g/mol. The van der Waals surface area contributed by atoms with Crippen LogP contribution in [0.3, 0.4) is 0 Å². The van der Waals surface area contributed by atoms with Crippen LogP contribution in [0.25, 0.3) is 0 Å². The Labute approximate surface area is 222 Å². The van der Waals surface area contributed by atoms with E-state index in [0.29, 0.717) is 29.7 Å². The Balaban J connectivity index is 1.65. The van der Waals surface area contributed by atoms with E-state index in [9.17, 15) is 19.8 Å². The number of aliphatic hydroxyl groups excluding tert-OH is 1. The highest BCUT2D eigenvalue weighted by Crippen LogP contribution is 2.43. The summed E-state index contributed by atoms with van der Waals surface area (Å²) in [7, 11) is 0. The van der Waals surface area contributed by atoms with Gasteiger partial charge in [-0.15, -0.1) is 0 Å². The fourth-order valence-electron chi connectivity index (χ4n) is 4.84. The zero-order chi connectivity index (χ0) is 26.2. The Bertz CT molecular complexity index is 1070. The Hall–Kier alpha value is -2.84. The lowest BCUT2D eigenvalue weighted by atomic mass is 9.76. The SMILES string of the molecule is O=C1OCC/C=C/C(O)C/C=C/C(=N\OCC(=O)N2CCCCC2)Cc2c(Cl)c(O)cc(C3CCC3)c21. The molecule has 2 N–H and O–H groups in total. The molecule has 1 amide bonds. The molecule has 37 heavy (non-hydrogen) atoms. The highest BCUT2D eigenvalue weighted by molar-refractivity contribution is 6.33. The van der Waals surface area contributed by atoms with Gasteiger partial charge in [-0.05, 0) is 74.1 Å². The third-order valence-corrected chi connectivity index (χ3v) is 7.54. The Morgan fingerprint density at radius 2 is 1.97 bits per heavy atom. The average Bonchev–Trinajstić information content (AvgIpc) is 2.85. The molecule has 3 aliphatic rings. The van der Waals surface area contributed by atoms with E-state index in [1.165, 1.54) is 0 Å². The van der Waals surface area contributed by atoms with Crippen molar-refractivity contribution in [3.63, 3.8) is 0 Å². The number of hydrogen-bond donors (Lipinski definition) is 2. The maximum Gasteiger partial charge on any atom is 0.338 e. The van der Waals surface area contributed by atoms with E-state index in [0.717, 1.165) is 57.2 Å². The number of hydrogen-bond acceptors (Lipinski definition) is 7. The fourth-order valence-corrected chi connectivity index (χ4v) is 5.06. The standard InChI is InChI=1S/C28H35ClN2O6/c29-27-23-16-20(30-37-18-25(34)31-13-3-1-4-14-31)10-7-12-21(32)11-2-5-15-36-28(35)26(23)22(17-24(27)33)19-8-6-9-19/h2,7,10-11,17,19,21,32-33H,1,3-6,8-9,12-16,18H2/b10-7+,11-2+,30-20+. The number of nitrogens with zero attached hydrogens (tertiary/aromatic N) is 2. The number of phenolic OH excluding ortho intramolecular Hbond substituents is 1. The van der Waals surface area contributed by atoms with E-state index in [1.807, 2.05) is 0 Å². The van der Waals surface area contributed by atoms with E-state index >= 15 is 0 Å².